The zero-order chi connectivity index (χ0) is 13.5. The Hall–Kier alpha value is -1.21. The van der Waals surface area contributed by atoms with Crippen molar-refractivity contribution in [2.75, 3.05) is 13.1 Å². The second-order valence-electron chi connectivity index (χ2n) is 4.54. The fraction of sp³-hybridized carbons (Fsp3) is 0.636. The molecule has 2 heterocycles. The molecule has 1 aromatic rings. The van der Waals surface area contributed by atoms with Gasteiger partial charge >= 0.3 is 0 Å². The van der Waals surface area contributed by atoms with Crippen LogP contribution in [0, 0.1) is 13.8 Å². The largest absolute Gasteiger partial charge is 0.273 e. The summed E-state index contributed by atoms with van der Waals surface area (Å²) in [5, 5.41) is 4.01. The first kappa shape index (κ1) is 13.2. The summed E-state index contributed by atoms with van der Waals surface area (Å²) in [5.74, 6) is -0.279. The number of hydrogen-bond acceptors (Lipinski definition) is 4. The molecule has 0 aromatic carbocycles. The molecule has 0 spiro atoms. The molecule has 18 heavy (non-hydrogen) atoms. The topological polar surface area (TPSA) is 72.3 Å². The quantitative estimate of drug-likeness (QED) is 0.802. The first-order valence-electron chi connectivity index (χ1n) is 5.93. The molecule has 2 rings (SSSR count). The fourth-order valence-corrected chi connectivity index (χ4v) is 4.24. The maximum atomic E-state index is 12.5. The Labute approximate surface area is 107 Å². The normalized spacial score (nSPS) is 17.3. The van der Waals surface area contributed by atoms with Crippen molar-refractivity contribution in [3.8, 4) is 0 Å². The molecule has 1 aromatic heterocycles. The van der Waals surface area contributed by atoms with E-state index in [0.29, 0.717) is 24.5 Å². The van der Waals surface area contributed by atoms with Crippen LogP contribution < -0.4 is 0 Å². The Bertz CT molecular complexity index is 583. The number of sulfonamides is 1. The van der Waals surface area contributed by atoms with Gasteiger partial charge in [-0.2, -0.15) is 9.40 Å². The Morgan fingerprint density at radius 1 is 1.22 bits per heavy atom. The fourth-order valence-electron chi connectivity index (χ4n) is 2.37. The van der Waals surface area contributed by atoms with Crippen LogP contribution in [0.25, 0.3) is 0 Å². The minimum absolute atomic E-state index is 0.180. The highest BCUT2D eigenvalue weighted by molar-refractivity contribution is 7.89. The van der Waals surface area contributed by atoms with Crippen LogP contribution in [0.2, 0.25) is 0 Å². The van der Waals surface area contributed by atoms with Gasteiger partial charge in [0.25, 0.3) is 0 Å². The molecule has 0 amide bonds. The highest BCUT2D eigenvalue weighted by Gasteiger charge is 2.32. The lowest BCUT2D eigenvalue weighted by atomic mass is 10.4. The van der Waals surface area contributed by atoms with Crippen LogP contribution in [0.15, 0.2) is 4.90 Å². The monoisotopic (exact) mass is 271 g/mol. The SMILES string of the molecule is CC(=O)n1nc(C)c(S(=O)(=O)N2CCCC2)c1C. The number of hydrogen-bond donors (Lipinski definition) is 0. The third-order valence-electron chi connectivity index (χ3n) is 3.19. The van der Waals surface area contributed by atoms with Gasteiger partial charge in [-0.05, 0) is 26.7 Å². The average molecular weight is 271 g/mol. The lowest BCUT2D eigenvalue weighted by Gasteiger charge is -2.15. The van der Waals surface area contributed by atoms with Gasteiger partial charge < -0.3 is 0 Å². The number of carbonyl (C=O) groups is 1. The van der Waals surface area contributed by atoms with Crippen LogP contribution in [0.5, 0.6) is 0 Å². The van der Waals surface area contributed by atoms with Gasteiger partial charge in [0.2, 0.25) is 15.9 Å². The molecule has 1 saturated heterocycles. The Balaban J connectivity index is 2.54. The molecule has 1 fully saturated rings. The highest BCUT2D eigenvalue weighted by atomic mass is 32.2. The van der Waals surface area contributed by atoms with Crippen molar-refractivity contribution in [1.29, 1.82) is 0 Å². The summed E-state index contributed by atoms with van der Waals surface area (Å²) in [4.78, 5) is 11.6. The molecule has 100 valence electrons. The van der Waals surface area contributed by atoms with E-state index in [0.717, 1.165) is 17.5 Å². The molecule has 0 N–H and O–H groups in total. The molecule has 0 bridgehead atoms. The van der Waals surface area contributed by atoms with Gasteiger partial charge in [0.05, 0.1) is 11.4 Å². The lowest BCUT2D eigenvalue weighted by Crippen LogP contribution is -2.28. The first-order chi connectivity index (χ1) is 8.35. The van der Waals surface area contributed by atoms with E-state index < -0.39 is 10.0 Å². The Morgan fingerprint density at radius 2 is 1.78 bits per heavy atom. The number of carbonyl (C=O) groups excluding carboxylic acids is 1. The predicted octanol–water partition coefficient (Wildman–Crippen LogP) is 0.945. The lowest BCUT2D eigenvalue weighted by molar-refractivity contribution is 0.0918. The summed E-state index contributed by atoms with van der Waals surface area (Å²) in [6.45, 7) is 5.70. The summed E-state index contributed by atoms with van der Waals surface area (Å²) in [6.07, 6.45) is 1.77. The molecule has 6 nitrogen and oxygen atoms in total. The summed E-state index contributed by atoms with van der Waals surface area (Å²) in [6, 6.07) is 0. The molecule has 0 atom stereocenters. The average Bonchev–Trinajstić information content (AvgIpc) is 2.86. The highest BCUT2D eigenvalue weighted by Crippen LogP contribution is 2.26. The van der Waals surface area contributed by atoms with Crippen LogP contribution in [0.4, 0.5) is 0 Å². The zero-order valence-electron chi connectivity index (χ0n) is 10.8. The molecule has 7 heteroatoms. The molecule has 0 radical (unpaired) electrons. The van der Waals surface area contributed by atoms with E-state index in [9.17, 15) is 13.2 Å². The van der Waals surface area contributed by atoms with E-state index in [4.69, 9.17) is 0 Å². The van der Waals surface area contributed by atoms with Gasteiger partial charge in [0, 0.05) is 20.0 Å². The third-order valence-corrected chi connectivity index (χ3v) is 5.34. The van der Waals surface area contributed by atoms with Gasteiger partial charge in [-0.25, -0.2) is 13.1 Å². The van der Waals surface area contributed by atoms with Gasteiger partial charge in [-0.1, -0.05) is 0 Å². The van der Waals surface area contributed by atoms with Gasteiger partial charge in [0.1, 0.15) is 4.90 Å². The van der Waals surface area contributed by atoms with E-state index in [1.807, 2.05) is 0 Å². The molecule has 1 aliphatic heterocycles. The summed E-state index contributed by atoms with van der Waals surface area (Å²) in [5.41, 5.74) is 0.779. The number of aromatic nitrogens is 2. The first-order valence-corrected chi connectivity index (χ1v) is 7.37. The predicted molar refractivity (Wildman–Crippen MR) is 66.0 cm³/mol. The van der Waals surface area contributed by atoms with Crippen molar-refractivity contribution in [2.24, 2.45) is 0 Å². The molecule has 0 saturated carbocycles. The minimum Gasteiger partial charge on any atom is -0.273 e. The van der Waals surface area contributed by atoms with Crippen molar-refractivity contribution in [1.82, 2.24) is 14.1 Å². The Morgan fingerprint density at radius 3 is 2.22 bits per heavy atom. The number of nitrogens with zero attached hydrogens (tertiary/aromatic N) is 3. The molecule has 0 unspecified atom stereocenters. The molecular formula is C11H17N3O3S. The van der Waals surface area contributed by atoms with Gasteiger partial charge in [-0.15, -0.1) is 0 Å². The van der Waals surface area contributed by atoms with Crippen LogP contribution in [-0.4, -0.2) is 41.5 Å². The van der Waals surface area contributed by atoms with Gasteiger partial charge in [-0.3, -0.25) is 4.79 Å². The van der Waals surface area contributed by atoms with Crippen LogP contribution in [0.3, 0.4) is 0 Å². The second-order valence-corrected chi connectivity index (χ2v) is 6.42. The molecule has 1 aliphatic rings. The smallest absolute Gasteiger partial charge is 0.246 e. The zero-order valence-corrected chi connectivity index (χ0v) is 11.6. The van der Waals surface area contributed by atoms with E-state index >= 15 is 0 Å². The van der Waals surface area contributed by atoms with Crippen molar-refractivity contribution in [3.05, 3.63) is 11.4 Å². The van der Waals surface area contributed by atoms with Crippen molar-refractivity contribution in [2.45, 2.75) is 38.5 Å². The summed E-state index contributed by atoms with van der Waals surface area (Å²) >= 11 is 0. The molecular weight excluding hydrogens is 254 g/mol. The van der Waals surface area contributed by atoms with E-state index in [1.54, 1.807) is 13.8 Å². The van der Waals surface area contributed by atoms with Crippen LogP contribution >= 0.6 is 0 Å². The van der Waals surface area contributed by atoms with Crippen LogP contribution in [0.1, 0.15) is 35.9 Å². The van der Waals surface area contributed by atoms with Crippen LogP contribution in [-0.2, 0) is 10.0 Å². The van der Waals surface area contributed by atoms with Crippen molar-refractivity contribution in [3.63, 3.8) is 0 Å². The van der Waals surface area contributed by atoms with E-state index in [-0.39, 0.29) is 10.8 Å². The van der Waals surface area contributed by atoms with E-state index in [1.165, 1.54) is 11.2 Å². The minimum atomic E-state index is -3.51. The molecule has 0 aliphatic carbocycles. The number of rotatable bonds is 2. The van der Waals surface area contributed by atoms with Gasteiger partial charge in [0.15, 0.2) is 0 Å². The van der Waals surface area contributed by atoms with Crippen molar-refractivity contribution >= 4 is 15.9 Å². The second kappa shape index (κ2) is 4.47. The van der Waals surface area contributed by atoms with E-state index in [2.05, 4.69) is 5.10 Å². The van der Waals surface area contributed by atoms with Crippen molar-refractivity contribution < 1.29 is 13.2 Å². The summed E-state index contributed by atoms with van der Waals surface area (Å²) in [7, 11) is -3.51. The number of aryl methyl sites for hydroxylation is 1. The Kier molecular flexibility index (Phi) is 3.29. The third kappa shape index (κ3) is 1.97. The standard InChI is InChI=1S/C11H17N3O3S/c1-8-11(9(2)14(12-8)10(3)15)18(16,17)13-6-4-5-7-13/h4-7H2,1-3H3. The summed E-state index contributed by atoms with van der Waals surface area (Å²) < 4.78 is 27.6. The maximum absolute atomic E-state index is 12.5. The maximum Gasteiger partial charge on any atom is 0.246 e.